The summed E-state index contributed by atoms with van der Waals surface area (Å²) in [6.07, 6.45) is 15.7. The average Bonchev–Trinajstić information content (AvgIpc) is 4.16. The number of pyridine rings is 3. The fraction of sp³-hybridized carbons (Fsp3) is 0.0308. The second-order valence-electron chi connectivity index (χ2n) is 18.2. The standard InChI is InChI=1S/C65H45N7/c1-2-10-44(11-3-1)45-16-18-46(19-17-45)60-41-50(63-42-49-20-21-51(49)43-70-63)26-31-59(60)58-13-5-4-12-57(58)52-38-53(64-68-34-36-71(64)55-27-22-47(23-28-55)61-14-6-8-32-66-61)40-54(39-52)65-69-35-37-72(65)56-29-24-48(25-30-56)62-15-7-9-33-67-62/h1-19,22-43H,20-21H2. The molecule has 0 amide bonds. The molecule has 5 aromatic heterocycles. The fourth-order valence-corrected chi connectivity index (χ4v) is 10.00. The highest BCUT2D eigenvalue weighted by Crippen LogP contribution is 2.43. The van der Waals surface area contributed by atoms with Gasteiger partial charge in [-0.1, -0.05) is 127 Å². The van der Waals surface area contributed by atoms with E-state index in [2.05, 4.69) is 195 Å². The van der Waals surface area contributed by atoms with Gasteiger partial charge in [-0.2, -0.15) is 0 Å². The van der Waals surface area contributed by atoms with Crippen LogP contribution in [0.25, 0.3) is 112 Å². The molecule has 1 aliphatic carbocycles. The molecule has 5 heterocycles. The van der Waals surface area contributed by atoms with E-state index < -0.39 is 0 Å². The summed E-state index contributed by atoms with van der Waals surface area (Å²) in [5.41, 5.74) is 21.7. The van der Waals surface area contributed by atoms with Crippen molar-refractivity contribution in [1.29, 1.82) is 0 Å². The molecular formula is C65H45N7. The second-order valence-corrected chi connectivity index (χ2v) is 18.2. The van der Waals surface area contributed by atoms with Gasteiger partial charge >= 0.3 is 0 Å². The molecule has 0 radical (unpaired) electrons. The van der Waals surface area contributed by atoms with Crippen LogP contribution in [-0.2, 0) is 12.8 Å². The normalized spacial score (nSPS) is 11.8. The smallest absolute Gasteiger partial charge is 0.144 e. The first-order valence-electron chi connectivity index (χ1n) is 24.3. The summed E-state index contributed by atoms with van der Waals surface area (Å²) < 4.78 is 4.31. The number of hydrogen-bond acceptors (Lipinski definition) is 5. The molecule has 12 aromatic rings. The molecule has 7 aromatic carbocycles. The minimum absolute atomic E-state index is 0.814. The Kier molecular flexibility index (Phi) is 10.9. The minimum atomic E-state index is 0.814. The van der Waals surface area contributed by atoms with Crippen LogP contribution in [0.3, 0.4) is 0 Å². The lowest BCUT2D eigenvalue weighted by atomic mass is 9.86. The summed E-state index contributed by atoms with van der Waals surface area (Å²) in [5.74, 6) is 1.63. The Balaban J connectivity index is 0.963. The summed E-state index contributed by atoms with van der Waals surface area (Å²) in [6, 6.07) is 73.1. The zero-order valence-corrected chi connectivity index (χ0v) is 39.2. The van der Waals surface area contributed by atoms with Gasteiger partial charge < -0.3 is 0 Å². The molecule has 72 heavy (non-hydrogen) atoms. The highest BCUT2D eigenvalue weighted by atomic mass is 15.1. The van der Waals surface area contributed by atoms with Crippen LogP contribution in [-0.4, -0.2) is 34.1 Å². The molecule has 0 atom stereocenters. The molecule has 0 fully saturated rings. The quantitative estimate of drug-likeness (QED) is 0.129. The van der Waals surface area contributed by atoms with Gasteiger partial charge in [-0.3, -0.25) is 24.1 Å². The van der Waals surface area contributed by atoms with Crippen molar-refractivity contribution in [2.75, 3.05) is 0 Å². The highest BCUT2D eigenvalue weighted by molar-refractivity contribution is 5.95. The Morgan fingerprint density at radius 2 is 0.778 bits per heavy atom. The maximum Gasteiger partial charge on any atom is 0.144 e. The molecule has 7 heteroatoms. The van der Waals surface area contributed by atoms with E-state index >= 15 is 0 Å². The van der Waals surface area contributed by atoms with Crippen LogP contribution in [0.2, 0.25) is 0 Å². The molecule has 0 bridgehead atoms. The van der Waals surface area contributed by atoms with Gasteiger partial charge in [0, 0.05) is 82.6 Å². The minimum Gasteiger partial charge on any atom is -0.300 e. The molecule has 1 aliphatic rings. The Hall–Kier alpha value is -9.59. The van der Waals surface area contributed by atoms with Gasteiger partial charge in [-0.15, -0.1) is 0 Å². The number of hydrogen-bond donors (Lipinski definition) is 0. The van der Waals surface area contributed by atoms with E-state index in [0.717, 1.165) is 114 Å². The zero-order valence-electron chi connectivity index (χ0n) is 39.2. The third-order valence-electron chi connectivity index (χ3n) is 13.8. The van der Waals surface area contributed by atoms with E-state index in [9.17, 15) is 0 Å². The number of aryl methyl sites for hydroxylation is 2. The molecule has 0 aliphatic heterocycles. The predicted molar refractivity (Wildman–Crippen MR) is 290 cm³/mol. The van der Waals surface area contributed by atoms with Crippen molar-refractivity contribution in [3.63, 3.8) is 0 Å². The van der Waals surface area contributed by atoms with Gasteiger partial charge in [0.05, 0.1) is 17.1 Å². The first-order valence-corrected chi connectivity index (χ1v) is 24.3. The molecule has 340 valence electrons. The van der Waals surface area contributed by atoms with Crippen molar-refractivity contribution in [3.05, 3.63) is 261 Å². The largest absolute Gasteiger partial charge is 0.300 e. The molecule has 0 saturated heterocycles. The average molecular weight is 924 g/mol. The third-order valence-corrected chi connectivity index (χ3v) is 13.8. The molecule has 0 N–H and O–H groups in total. The number of rotatable bonds is 11. The Labute approximate surface area is 418 Å². The second kappa shape index (κ2) is 18.4. The number of benzene rings is 7. The van der Waals surface area contributed by atoms with Gasteiger partial charge in [-0.05, 0) is 147 Å². The van der Waals surface area contributed by atoms with Crippen molar-refractivity contribution in [2.45, 2.75) is 12.8 Å². The van der Waals surface area contributed by atoms with Gasteiger partial charge in [0.2, 0.25) is 0 Å². The number of aromatic nitrogens is 7. The van der Waals surface area contributed by atoms with Gasteiger partial charge in [0.15, 0.2) is 0 Å². The van der Waals surface area contributed by atoms with Crippen molar-refractivity contribution >= 4 is 0 Å². The predicted octanol–water partition coefficient (Wildman–Crippen LogP) is 15.3. The third kappa shape index (κ3) is 8.08. The van der Waals surface area contributed by atoms with E-state index in [4.69, 9.17) is 15.0 Å². The first-order chi connectivity index (χ1) is 35.7. The van der Waals surface area contributed by atoms with Gasteiger partial charge in [0.25, 0.3) is 0 Å². The van der Waals surface area contributed by atoms with Gasteiger partial charge in [0.1, 0.15) is 11.6 Å². The summed E-state index contributed by atoms with van der Waals surface area (Å²) >= 11 is 0. The number of nitrogens with zero attached hydrogens (tertiary/aromatic N) is 7. The first kappa shape index (κ1) is 42.5. The van der Waals surface area contributed by atoms with E-state index in [1.807, 2.05) is 73.6 Å². The Morgan fingerprint density at radius 3 is 1.35 bits per heavy atom. The molecule has 0 saturated carbocycles. The van der Waals surface area contributed by atoms with E-state index in [1.54, 1.807) is 0 Å². The topological polar surface area (TPSA) is 74.3 Å². The molecule has 0 unspecified atom stereocenters. The van der Waals surface area contributed by atoms with Crippen molar-refractivity contribution in [3.8, 4) is 112 Å². The van der Waals surface area contributed by atoms with E-state index in [0.29, 0.717) is 0 Å². The molecular weight excluding hydrogens is 879 g/mol. The van der Waals surface area contributed by atoms with Crippen LogP contribution in [0, 0.1) is 0 Å². The van der Waals surface area contributed by atoms with Crippen LogP contribution in [0.4, 0.5) is 0 Å². The zero-order chi connectivity index (χ0) is 47.8. The SMILES string of the molecule is c1ccc(-c2ccc(-c3cc(-c4cc5c(cn4)CC5)ccc3-c3ccccc3-c3cc(-c4nccn4-c4ccc(-c5ccccn5)cc4)cc(-c4nccn4-c4ccc(-c5ccccn5)cc4)c3)cc2)cc1. The van der Waals surface area contributed by atoms with Crippen LogP contribution in [0.15, 0.2) is 250 Å². The van der Waals surface area contributed by atoms with E-state index in [1.165, 1.54) is 22.3 Å². The van der Waals surface area contributed by atoms with Crippen molar-refractivity contribution in [2.24, 2.45) is 0 Å². The van der Waals surface area contributed by atoms with Crippen molar-refractivity contribution < 1.29 is 0 Å². The van der Waals surface area contributed by atoms with E-state index in [-0.39, 0.29) is 0 Å². The lowest BCUT2D eigenvalue weighted by Gasteiger charge is -2.20. The lowest BCUT2D eigenvalue weighted by Crippen LogP contribution is -2.08. The number of imidazole rings is 2. The van der Waals surface area contributed by atoms with Crippen molar-refractivity contribution in [1.82, 2.24) is 34.1 Å². The summed E-state index contributed by atoms with van der Waals surface area (Å²) in [6.45, 7) is 0. The van der Waals surface area contributed by atoms with Gasteiger partial charge in [-0.25, -0.2) is 9.97 Å². The highest BCUT2D eigenvalue weighted by Gasteiger charge is 2.21. The maximum atomic E-state index is 5.05. The van der Waals surface area contributed by atoms with Crippen LogP contribution >= 0.6 is 0 Å². The van der Waals surface area contributed by atoms with Crippen LogP contribution in [0.1, 0.15) is 11.1 Å². The molecule has 13 rings (SSSR count). The fourth-order valence-electron chi connectivity index (χ4n) is 10.00. The summed E-state index contributed by atoms with van der Waals surface area (Å²) in [4.78, 5) is 24.2. The lowest BCUT2D eigenvalue weighted by molar-refractivity contribution is 0.828. The monoisotopic (exact) mass is 923 g/mol. The summed E-state index contributed by atoms with van der Waals surface area (Å²) in [7, 11) is 0. The van der Waals surface area contributed by atoms with Crippen LogP contribution < -0.4 is 0 Å². The summed E-state index contributed by atoms with van der Waals surface area (Å²) in [5, 5.41) is 0. The Morgan fingerprint density at radius 1 is 0.278 bits per heavy atom. The molecule has 0 spiro atoms. The molecule has 7 nitrogen and oxygen atoms in total. The number of fused-ring (bicyclic) bond motifs is 1. The Bertz CT molecular complexity index is 3740. The van der Waals surface area contributed by atoms with Crippen LogP contribution in [0.5, 0.6) is 0 Å². The maximum absolute atomic E-state index is 5.05.